The molecule has 0 amide bonds. The number of hydrogen-bond acceptors (Lipinski definition) is 2. The standard InChI is InChI=1S/C15H17Cl2NO/c1-3-18-14(15-7-4-10(2)19-15)9-11-5-6-12(16)13(17)8-11/h4-8,14,18H,3,9H2,1-2H3. The monoisotopic (exact) mass is 297 g/mol. The molecule has 2 rings (SSSR count). The zero-order valence-corrected chi connectivity index (χ0v) is 12.6. The third-order valence-electron chi connectivity index (χ3n) is 2.98. The van der Waals surface area contributed by atoms with Crippen LogP contribution in [0.4, 0.5) is 0 Å². The molecule has 1 atom stereocenters. The van der Waals surface area contributed by atoms with Gasteiger partial charge in [-0.1, -0.05) is 36.2 Å². The number of rotatable bonds is 5. The molecule has 2 nitrogen and oxygen atoms in total. The summed E-state index contributed by atoms with van der Waals surface area (Å²) in [6.07, 6.45) is 0.817. The van der Waals surface area contributed by atoms with Crippen LogP contribution < -0.4 is 5.32 Å². The van der Waals surface area contributed by atoms with Crippen molar-refractivity contribution in [3.8, 4) is 0 Å². The van der Waals surface area contributed by atoms with Crippen LogP contribution in [0, 0.1) is 6.92 Å². The number of halogens is 2. The Morgan fingerprint density at radius 3 is 2.53 bits per heavy atom. The lowest BCUT2D eigenvalue weighted by atomic mass is 10.0. The fourth-order valence-corrected chi connectivity index (χ4v) is 2.38. The van der Waals surface area contributed by atoms with Crippen molar-refractivity contribution in [2.24, 2.45) is 0 Å². The van der Waals surface area contributed by atoms with Gasteiger partial charge >= 0.3 is 0 Å². The highest BCUT2D eigenvalue weighted by atomic mass is 35.5. The van der Waals surface area contributed by atoms with Gasteiger partial charge in [-0.05, 0) is 49.7 Å². The van der Waals surface area contributed by atoms with E-state index < -0.39 is 0 Å². The maximum atomic E-state index is 6.05. The molecule has 0 fully saturated rings. The van der Waals surface area contributed by atoms with Crippen LogP contribution >= 0.6 is 23.2 Å². The summed E-state index contributed by atoms with van der Waals surface area (Å²) in [4.78, 5) is 0. The highest BCUT2D eigenvalue weighted by molar-refractivity contribution is 6.42. The average Bonchev–Trinajstić information content (AvgIpc) is 2.80. The summed E-state index contributed by atoms with van der Waals surface area (Å²) in [6, 6.07) is 9.87. The predicted molar refractivity (Wildman–Crippen MR) is 80.0 cm³/mol. The maximum Gasteiger partial charge on any atom is 0.121 e. The normalized spacial score (nSPS) is 12.6. The molecule has 0 bridgehead atoms. The molecule has 1 aromatic carbocycles. The van der Waals surface area contributed by atoms with Crippen molar-refractivity contribution in [2.75, 3.05) is 6.54 Å². The van der Waals surface area contributed by atoms with Gasteiger partial charge in [-0.3, -0.25) is 0 Å². The van der Waals surface area contributed by atoms with Gasteiger partial charge in [0.2, 0.25) is 0 Å². The van der Waals surface area contributed by atoms with Crippen molar-refractivity contribution in [1.29, 1.82) is 0 Å². The van der Waals surface area contributed by atoms with E-state index in [2.05, 4.69) is 12.2 Å². The molecule has 0 saturated heterocycles. The molecular formula is C15H17Cl2NO. The number of aryl methyl sites for hydroxylation is 1. The Morgan fingerprint density at radius 2 is 1.95 bits per heavy atom. The number of hydrogen-bond donors (Lipinski definition) is 1. The van der Waals surface area contributed by atoms with Gasteiger partial charge in [0.15, 0.2) is 0 Å². The molecule has 0 aliphatic carbocycles. The fraction of sp³-hybridized carbons (Fsp3) is 0.333. The molecule has 19 heavy (non-hydrogen) atoms. The van der Waals surface area contributed by atoms with Gasteiger partial charge in [0.25, 0.3) is 0 Å². The van der Waals surface area contributed by atoms with E-state index >= 15 is 0 Å². The lowest BCUT2D eigenvalue weighted by Crippen LogP contribution is -2.22. The van der Waals surface area contributed by atoms with Crippen LogP contribution in [0.15, 0.2) is 34.7 Å². The van der Waals surface area contributed by atoms with Gasteiger partial charge in [-0.2, -0.15) is 0 Å². The second kappa shape index (κ2) is 6.47. The second-order valence-corrected chi connectivity index (χ2v) is 5.33. The van der Waals surface area contributed by atoms with Crippen molar-refractivity contribution in [2.45, 2.75) is 26.3 Å². The summed E-state index contributed by atoms with van der Waals surface area (Å²) in [5.41, 5.74) is 1.13. The number of nitrogens with one attached hydrogen (secondary N) is 1. The highest BCUT2D eigenvalue weighted by Gasteiger charge is 2.15. The summed E-state index contributed by atoms with van der Waals surface area (Å²) in [5, 5.41) is 4.60. The van der Waals surface area contributed by atoms with Gasteiger partial charge in [-0.25, -0.2) is 0 Å². The van der Waals surface area contributed by atoms with Gasteiger partial charge < -0.3 is 9.73 Å². The molecule has 4 heteroatoms. The molecule has 0 aliphatic heterocycles. The van der Waals surface area contributed by atoms with E-state index in [4.69, 9.17) is 27.6 Å². The van der Waals surface area contributed by atoms with Crippen LogP contribution in [0.25, 0.3) is 0 Å². The summed E-state index contributed by atoms with van der Waals surface area (Å²) >= 11 is 12.0. The fourth-order valence-electron chi connectivity index (χ4n) is 2.06. The van der Waals surface area contributed by atoms with E-state index in [1.807, 2.05) is 37.3 Å². The molecule has 0 radical (unpaired) electrons. The van der Waals surface area contributed by atoms with E-state index in [0.717, 1.165) is 30.0 Å². The minimum atomic E-state index is 0.149. The summed E-state index contributed by atoms with van der Waals surface area (Å²) in [6.45, 7) is 4.91. The largest absolute Gasteiger partial charge is 0.465 e. The number of furan rings is 1. The minimum Gasteiger partial charge on any atom is -0.465 e. The Balaban J connectivity index is 2.18. The van der Waals surface area contributed by atoms with Gasteiger partial charge in [0.05, 0.1) is 16.1 Å². The highest BCUT2D eigenvalue weighted by Crippen LogP contribution is 2.26. The molecule has 2 aromatic rings. The Morgan fingerprint density at radius 1 is 1.16 bits per heavy atom. The molecule has 0 aliphatic rings. The van der Waals surface area contributed by atoms with E-state index in [-0.39, 0.29) is 6.04 Å². The zero-order valence-electron chi connectivity index (χ0n) is 11.0. The van der Waals surface area contributed by atoms with E-state index in [1.165, 1.54) is 0 Å². The Hall–Kier alpha value is -0.960. The van der Waals surface area contributed by atoms with Gasteiger partial charge in [0, 0.05) is 0 Å². The lowest BCUT2D eigenvalue weighted by molar-refractivity contribution is 0.403. The number of benzene rings is 1. The van der Waals surface area contributed by atoms with Crippen LogP contribution in [-0.4, -0.2) is 6.54 Å². The third kappa shape index (κ3) is 3.75. The van der Waals surface area contributed by atoms with Crippen LogP contribution in [0.1, 0.15) is 30.0 Å². The molecule has 0 saturated carbocycles. The molecule has 1 N–H and O–H groups in total. The third-order valence-corrected chi connectivity index (χ3v) is 3.72. The Labute approximate surface area is 123 Å². The van der Waals surface area contributed by atoms with Gasteiger partial charge in [-0.15, -0.1) is 0 Å². The first-order chi connectivity index (χ1) is 9.10. The van der Waals surface area contributed by atoms with Crippen LogP contribution in [0.3, 0.4) is 0 Å². The average molecular weight is 298 g/mol. The molecule has 1 aromatic heterocycles. The van der Waals surface area contributed by atoms with Crippen molar-refractivity contribution in [3.05, 3.63) is 57.5 Å². The first-order valence-corrected chi connectivity index (χ1v) is 7.09. The summed E-state index contributed by atoms with van der Waals surface area (Å²) < 4.78 is 5.70. The minimum absolute atomic E-state index is 0.149. The van der Waals surface area contributed by atoms with Crippen LogP contribution in [-0.2, 0) is 6.42 Å². The molecule has 1 unspecified atom stereocenters. The molecule has 102 valence electrons. The van der Waals surface area contributed by atoms with Crippen molar-refractivity contribution in [1.82, 2.24) is 5.32 Å². The van der Waals surface area contributed by atoms with Crippen LogP contribution in [0.5, 0.6) is 0 Å². The second-order valence-electron chi connectivity index (χ2n) is 4.51. The predicted octanol–water partition coefficient (Wildman–Crippen LogP) is 4.79. The Bertz CT molecular complexity index is 551. The molecular weight excluding hydrogens is 281 g/mol. The first kappa shape index (κ1) is 14.4. The van der Waals surface area contributed by atoms with Crippen molar-refractivity contribution in [3.63, 3.8) is 0 Å². The van der Waals surface area contributed by atoms with Crippen LogP contribution in [0.2, 0.25) is 10.0 Å². The van der Waals surface area contributed by atoms with E-state index in [0.29, 0.717) is 10.0 Å². The van der Waals surface area contributed by atoms with E-state index in [9.17, 15) is 0 Å². The lowest BCUT2D eigenvalue weighted by Gasteiger charge is -2.16. The SMILES string of the molecule is CCNC(Cc1ccc(Cl)c(Cl)c1)c1ccc(C)o1. The molecule has 0 spiro atoms. The van der Waals surface area contributed by atoms with E-state index in [1.54, 1.807) is 0 Å². The number of likely N-dealkylation sites (N-methyl/N-ethyl adjacent to an activating group) is 1. The zero-order chi connectivity index (χ0) is 13.8. The quantitative estimate of drug-likeness (QED) is 0.858. The molecule has 1 heterocycles. The smallest absolute Gasteiger partial charge is 0.121 e. The van der Waals surface area contributed by atoms with Crippen molar-refractivity contribution >= 4 is 23.2 Å². The maximum absolute atomic E-state index is 6.05. The summed E-state index contributed by atoms with van der Waals surface area (Å²) in [5.74, 6) is 1.87. The first-order valence-electron chi connectivity index (χ1n) is 6.33. The Kier molecular flexibility index (Phi) is 4.92. The topological polar surface area (TPSA) is 25.2 Å². The van der Waals surface area contributed by atoms with Crippen molar-refractivity contribution < 1.29 is 4.42 Å². The van der Waals surface area contributed by atoms with Gasteiger partial charge in [0.1, 0.15) is 11.5 Å². The summed E-state index contributed by atoms with van der Waals surface area (Å²) in [7, 11) is 0.